The molecule has 1 aliphatic rings. The maximum Gasteiger partial charge on any atom is 0.300 e. The monoisotopic (exact) mass is 560 g/mol. The minimum atomic E-state index is -0.839. The Labute approximate surface area is 241 Å². The standard InChI is InChI=1S/C33H37ClN2O4/c1-7-35(8-2)24-16-13-21(14-17-24)29-28(31(38)32(39)36(29)25-12-10-11-23(34)20-25)30(37)22-15-18-27(40-9-3)26(19-22)33(4,5)6/h10-20,29,37H,7-9H2,1-6H3/b30-28-. The number of nitrogens with zero attached hydrogens (tertiary/aromatic N) is 2. The summed E-state index contributed by atoms with van der Waals surface area (Å²) >= 11 is 6.28. The molecule has 0 radical (unpaired) electrons. The van der Waals surface area contributed by atoms with Gasteiger partial charge in [-0.1, -0.05) is 50.6 Å². The van der Waals surface area contributed by atoms with E-state index in [0.717, 1.165) is 30.1 Å². The molecule has 1 aliphatic heterocycles. The van der Waals surface area contributed by atoms with Crippen molar-refractivity contribution in [3.8, 4) is 5.75 Å². The molecule has 7 heteroatoms. The maximum atomic E-state index is 13.6. The molecule has 1 saturated heterocycles. The van der Waals surface area contributed by atoms with Gasteiger partial charge in [0, 0.05) is 40.6 Å². The zero-order valence-corrected chi connectivity index (χ0v) is 24.7. The van der Waals surface area contributed by atoms with Gasteiger partial charge in [0.1, 0.15) is 11.5 Å². The van der Waals surface area contributed by atoms with Crippen molar-refractivity contribution in [3.05, 3.63) is 94.0 Å². The Bertz CT molecular complexity index is 1440. The number of anilines is 2. The van der Waals surface area contributed by atoms with Crippen LogP contribution in [0.5, 0.6) is 5.75 Å². The molecule has 4 rings (SSSR count). The van der Waals surface area contributed by atoms with Crippen LogP contribution < -0.4 is 14.5 Å². The van der Waals surface area contributed by atoms with Gasteiger partial charge in [-0.2, -0.15) is 0 Å². The van der Waals surface area contributed by atoms with E-state index >= 15 is 0 Å². The third-order valence-electron chi connectivity index (χ3n) is 7.23. The smallest absolute Gasteiger partial charge is 0.300 e. The van der Waals surface area contributed by atoms with Gasteiger partial charge in [-0.15, -0.1) is 0 Å². The van der Waals surface area contributed by atoms with Crippen molar-refractivity contribution in [2.45, 2.75) is 53.0 Å². The number of aliphatic hydroxyl groups is 1. The first-order valence-electron chi connectivity index (χ1n) is 13.7. The number of halogens is 1. The number of carbonyl (C=O) groups excluding carboxylic acids is 2. The van der Waals surface area contributed by atoms with E-state index in [4.69, 9.17) is 16.3 Å². The van der Waals surface area contributed by atoms with E-state index in [1.54, 1.807) is 36.4 Å². The van der Waals surface area contributed by atoms with Crippen LogP contribution in [-0.4, -0.2) is 36.5 Å². The van der Waals surface area contributed by atoms with Crippen molar-refractivity contribution in [3.63, 3.8) is 0 Å². The summed E-state index contributed by atoms with van der Waals surface area (Å²) in [4.78, 5) is 30.8. The van der Waals surface area contributed by atoms with E-state index in [1.165, 1.54) is 4.90 Å². The highest BCUT2D eigenvalue weighted by molar-refractivity contribution is 6.51. The third kappa shape index (κ3) is 5.59. The van der Waals surface area contributed by atoms with Crippen LogP contribution in [0.3, 0.4) is 0 Å². The molecule has 1 unspecified atom stereocenters. The molecular weight excluding hydrogens is 524 g/mol. The number of amides is 1. The number of carbonyl (C=O) groups is 2. The summed E-state index contributed by atoms with van der Waals surface area (Å²) in [7, 11) is 0. The highest BCUT2D eigenvalue weighted by Gasteiger charge is 2.47. The van der Waals surface area contributed by atoms with Crippen LogP contribution in [-0.2, 0) is 15.0 Å². The normalized spacial score (nSPS) is 16.9. The van der Waals surface area contributed by atoms with Gasteiger partial charge in [0.05, 0.1) is 18.2 Å². The number of benzene rings is 3. The Hall–Kier alpha value is -3.77. The molecule has 210 valence electrons. The van der Waals surface area contributed by atoms with E-state index in [2.05, 4.69) is 39.5 Å². The molecule has 3 aromatic carbocycles. The van der Waals surface area contributed by atoms with Crippen molar-refractivity contribution in [1.29, 1.82) is 0 Å². The quantitative estimate of drug-likeness (QED) is 0.175. The van der Waals surface area contributed by atoms with Gasteiger partial charge in [-0.3, -0.25) is 14.5 Å². The fraction of sp³-hybridized carbons (Fsp3) is 0.333. The Kier molecular flexibility index (Phi) is 8.59. The van der Waals surface area contributed by atoms with Crippen LogP contribution in [0.4, 0.5) is 11.4 Å². The molecule has 0 aromatic heterocycles. The number of aliphatic hydroxyl groups excluding tert-OH is 1. The fourth-order valence-corrected chi connectivity index (χ4v) is 5.38. The van der Waals surface area contributed by atoms with Crippen molar-refractivity contribution in [2.24, 2.45) is 0 Å². The first kappa shape index (κ1) is 29.2. The lowest BCUT2D eigenvalue weighted by Crippen LogP contribution is -2.29. The summed E-state index contributed by atoms with van der Waals surface area (Å²) in [6.45, 7) is 14.5. The first-order valence-corrected chi connectivity index (χ1v) is 14.1. The van der Waals surface area contributed by atoms with E-state index in [9.17, 15) is 14.7 Å². The second-order valence-electron chi connectivity index (χ2n) is 10.8. The molecule has 40 heavy (non-hydrogen) atoms. The van der Waals surface area contributed by atoms with E-state index < -0.39 is 17.7 Å². The van der Waals surface area contributed by atoms with Gasteiger partial charge in [0.2, 0.25) is 0 Å². The first-order chi connectivity index (χ1) is 19.0. The molecule has 1 amide bonds. The highest BCUT2D eigenvalue weighted by Crippen LogP contribution is 2.44. The minimum Gasteiger partial charge on any atom is -0.507 e. The number of ether oxygens (including phenoxy) is 1. The van der Waals surface area contributed by atoms with Crippen molar-refractivity contribution in [2.75, 3.05) is 29.5 Å². The van der Waals surface area contributed by atoms with Gasteiger partial charge < -0.3 is 14.7 Å². The van der Waals surface area contributed by atoms with Crippen molar-refractivity contribution >= 4 is 40.4 Å². The summed E-state index contributed by atoms with van der Waals surface area (Å²) in [5.74, 6) is -0.978. The van der Waals surface area contributed by atoms with E-state index in [1.807, 2.05) is 37.3 Å². The summed E-state index contributed by atoms with van der Waals surface area (Å²) < 4.78 is 5.84. The van der Waals surface area contributed by atoms with Gasteiger partial charge >= 0.3 is 0 Å². The predicted octanol–water partition coefficient (Wildman–Crippen LogP) is 7.51. The van der Waals surface area contributed by atoms with Crippen molar-refractivity contribution in [1.82, 2.24) is 0 Å². The van der Waals surface area contributed by atoms with Crippen LogP contribution in [0.15, 0.2) is 72.3 Å². The maximum absolute atomic E-state index is 13.6. The van der Waals surface area contributed by atoms with Crippen molar-refractivity contribution < 1.29 is 19.4 Å². The number of Topliss-reactive ketones (excluding diaryl/α,β-unsaturated/α-hetero) is 1. The molecular formula is C33H37ClN2O4. The lowest BCUT2D eigenvalue weighted by atomic mass is 9.84. The third-order valence-corrected chi connectivity index (χ3v) is 7.46. The minimum absolute atomic E-state index is 0.0320. The number of hydrogen-bond donors (Lipinski definition) is 1. The molecule has 1 N–H and O–H groups in total. The van der Waals surface area contributed by atoms with Crippen LogP contribution in [0, 0.1) is 0 Å². The largest absolute Gasteiger partial charge is 0.507 e. The Balaban J connectivity index is 1.93. The van der Waals surface area contributed by atoms with Gasteiger partial charge in [-0.25, -0.2) is 0 Å². The Morgan fingerprint density at radius 2 is 1.65 bits per heavy atom. The summed E-state index contributed by atoms with van der Waals surface area (Å²) in [5.41, 5.74) is 3.31. The fourth-order valence-electron chi connectivity index (χ4n) is 5.20. The van der Waals surface area contributed by atoms with E-state index in [0.29, 0.717) is 28.4 Å². The molecule has 1 fully saturated rings. The van der Waals surface area contributed by atoms with Crippen LogP contribution in [0.2, 0.25) is 5.02 Å². The van der Waals surface area contributed by atoms with Crippen LogP contribution in [0.1, 0.15) is 64.3 Å². The second kappa shape index (κ2) is 11.8. The van der Waals surface area contributed by atoms with Crippen LogP contribution >= 0.6 is 11.6 Å². The highest BCUT2D eigenvalue weighted by atomic mass is 35.5. The molecule has 0 spiro atoms. The lowest BCUT2D eigenvalue weighted by molar-refractivity contribution is -0.132. The Morgan fingerprint density at radius 3 is 2.23 bits per heavy atom. The van der Waals surface area contributed by atoms with E-state index in [-0.39, 0.29) is 16.7 Å². The number of ketones is 1. The van der Waals surface area contributed by atoms with Gasteiger partial charge in [0.25, 0.3) is 11.7 Å². The zero-order valence-electron chi connectivity index (χ0n) is 24.0. The lowest BCUT2D eigenvalue weighted by Gasteiger charge is -2.27. The number of hydrogen-bond acceptors (Lipinski definition) is 5. The molecule has 1 heterocycles. The molecule has 0 bridgehead atoms. The summed E-state index contributed by atoms with van der Waals surface area (Å²) in [6.07, 6.45) is 0. The van der Waals surface area contributed by atoms with Crippen LogP contribution in [0.25, 0.3) is 5.76 Å². The predicted molar refractivity (Wildman–Crippen MR) is 163 cm³/mol. The average Bonchev–Trinajstić information content (AvgIpc) is 3.19. The molecule has 0 aliphatic carbocycles. The molecule has 3 aromatic rings. The van der Waals surface area contributed by atoms with Gasteiger partial charge in [-0.05, 0) is 80.3 Å². The summed E-state index contributed by atoms with van der Waals surface area (Å²) in [5, 5.41) is 12.1. The molecule has 0 saturated carbocycles. The number of rotatable bonds is 8. The Morgan fingerprint density at radius 1 is 0.975 bits per heavy atom. The second-order valence-corrected chi connectivity index (χ2v) is 11.2. The molecule has 6 nitrogen and oxygen atoms in total. The average molecular weight is 561 g/mol. The summed E-state index contributed by atoms with van der Waals surface area (Å²) in [6, 6.07) is 19.2. The molecule has 1 atom stereocenters. The van der Waals surface area contributed by atoms with Gasteiger partial charge in [0.15, 0.2) is 0 Å². The topological polar surface area (TPSA) is 70.1 Å². The zero-order chi connectivity index (χ0) is 29.2. The SMILES string of the molecule is CCOc1ccc(/C(O)=C2/C(=O)C(=O)N(c3cccc(Cl)c3)C2c2ccc(N(CC)CC)cc2)cc1C(C)(C)C.